The molecule has 1 heterocycles. The second-order valence-electron chi connectivity index (χ2n) is 4.02. The summed E-state index contributed by atoms with van der Waals surface area (Å²) in [5.74, 6) is 0.159. The minimum absolute atomic E-state index is 0.132. The van der Waals surface area contributed by atoms with Crippen LogP contribution in [0.25, 0.3) is 0 Å². The van der Waals surface area contributed by atoms with Crippen molar-refractivity contribution in [2.45, 2.75) is 19.9 Å². The van der Waals surface area contributed by atoms with E-state index in [-0.39, 0.29) is 11.9 Å². The monoisotopic (exact) mass is 237 g/mol. The summed E-state index contributed by atoms with van der Waals surface area (Å²) in [6.07, 6.45) is 0. The van der Waals surface area contributed by atoms with Crippen molar-refractivity contribution < 1.29 is 9.53 Å². The van der Waals surface area contributed by atoms with Crippen molar-refractivity contribution >= 4 is 23.5 Å². The first-order valence-electron chi connectivity index (χ1n) is 5.14. The zero-order valence-electron chi connectivity index (χ0n) is 9.11. The summed E-state index contributed by atoms with van der Waals surface area (Å²) >= 11 is 6.01. The maximum absolute atomic E-state index is 11.5. The molecule has 16 heavy (non-hydrogen) atoms. The third kappa shape index (κ3) is 1.95. The minimum atomic E-state index is -0.411. The van der Waals surface area contributed by atoms with E-state index in [4.69, 9.17) is 16.3 Å². The maximum atomic E-state index is 11.5. The number of esters is 1. The van der Waals surface area contributed by atoms with Gasteiger partial charge in [0.25, 0.3) is 0 Å². The molecule has 0 aliphatic carbocycles. The number of hydrogen-bond acceptors (Lipinski definition) is 3. The molecule has 84 valence electrons. The number of carbonyl (C=O) groups excluding carboxylic acids is 1. The van der Waals surface area contributed by atoms with Crippen LogP contribution in [0.1, 0.15) is 19.4 Å². The Morgan fingerprint density at radius 3 is 2.62 bits per heavy atom. The number of halogens is 1. The molecule has 0 fully saturated rings. The SMILES string of the molecule is CC(C)C1N=C(c2ccccc2Cl)OC1=O. The van der Waals surface area contributed by atoms with Gasteiger partial charge >= 0.3 is 5.97 Å². The van der Waals surface area contributed by atoms with E-state index in [1.807, 2.05) is 26.0 Å². The predicted molar refractivity (Wildman–Crippen MR) is 62.7 cm³/mol. The Balaban J connectivity index is 2.34. The van der Waals surface area contributed by atoms with E-state index in [0.717, 1.165) is 0 Å². The van der Waals surface area contributed by atoms with Crippen molar-refractivity contribution in [3.63, 3.8) is 0 Å². The summed E-state index contributed by atoms with van der Waals surface area (Å²) in [5.41, 5.74) is 0.667. The molecule has 1 unspecified atom stereocenters. The second-order valence-corrected chi connectivity index (χ2v) is 4.43. The van der Waals surface area contributed by atoms with E-state index in [2.05, 4.69) is 4.99 Å². The molecule has 0 amide bonds. The van der Waals surface area contributed by atoms with Gasteiger partial charge < -0.3 is 4.74 Å². The first-order chi connectivity index (χ1) is 7.59. The van der Waals surface area contributed by atoms with Crippen molar-refractivity contribution in [2.24, 2.45) is 10.9 Å². The van der Waals surface area contributed by atoms with Crippen LogP contribution < -0.4 is 0 Å². The van der Waals surface area contributed by atoms with E-state index in [0.29, 0.717) is 16.5 Å². The second kappa shape index (κ2) is 4.26. The van der Waals surface area contributed by atoms with Crippen LogP contribution in [0.15, 0.2) is 29.3 Å². The zero-order valence-corrected chi connectivity index (χ0v) is 9.86. The number of benzene rings is 1. The molecule has 0 saturated carbocycles. The summed E-state index contributed by atoms with van der Waals surface area (Å²) in [7, 11) is 0. The molecular formula is C12H12ClNO2. The van der Waals surface area contributed by atoms with Crippen LogP contribution in [-0.2, 0) is 9.53 Å². The van der Waals surface area contributed by atoms with Crippen LogP contribution in [0.5, 0.6) is 0 Å². The Morgan fingerprint density at radius 2 is 2.06 bits per heavy atom. The third-order valence-corrected chi connectivity index (χ3v) is 2.76. The smallest absolute Gasteiger partial charge is 0.338 e. The van der Waals surface area contributed by atoms with E-state index >= 15 is 0 Å². The largest absolute Gasteiger partial charge is 0.406 e. The highest BCUT2D eigenvalue weighted by Crippen LogP contribution is 2.23. The van der Waals surface area contributed by atoms with Gasteiger partial charge in [0.2, 0.25) is 5.90 Å². The summed E-state index contributed by atoms with van der Waals surface area (Å²) in [5, 5.41) is 0.540. The third-order valence-electron chi connectivity index (χ3n) is 2.43. The van der Waals surface area contributed by atoms with Crippen LogP contribution in [0.4, 0.5) is 0 Å². The molecule has 0 N–H and O–H groups in total. The van der Waals surface area contributed by atoms with E-state index in [1.165, 1.54) is 0 Å². The maximum Gasteiger partial charge on any atom is 0.338 e. The van der Waals surface area contributed by atoms with Crippen molar-refractivity contribution in [1.29, 1.82) is 0 Å². The Kier molecular flexibility index (Phi) is 2.97. The van der Waals surface area contributed by atoms with E-state index in [1.54, 1.807) is 12.1 Å². The lowest BCUT2D eigenvalue weighted by Gasteiger charge is -2.04. The minimum Gasteiger partial charge on any atom is -0.406 e. The zero-order chi connectivity index (χ0) is 11.7. The van der Waals surface area contributed by atoms with Gasteiger partial charge in [-0.2, -0.15) is 0 Å². The molecule has 1 aliphatic heterocycles. The fourth-order valence-corrected chi connectivity index (χ4v) is 1.76. The molecule has 0 radical (unpaired) electrons. The van der Waals surface area contributed by atoms with Gasteiger partial charge in [-0.1, -0.05) is 37.6 Å². The number of rotatable bonds is 2. The highest BCUT2D eigenvalue weighted by molar-refractivity contribution is 6.34. The normalized spacial score (nSPS) is 19.9. The lowest BCUT2D eigenvalue weighted by molar-refractivity contribution is -0.135. The van der Waals surface area contributed by atoms with Crippen molar-refractivity contribution in [2.75, 3.05) is 0 Å². The average molecular weight is 238 g/mol. The van der Waals surface area contributed by atoms with Gasteiger partial charge in [-0.25, -0.2) is 9.79 Å². The van der Waals surface area contributed by atoms with Crippen LogP contribution in [-0.4, -0.2) is 17.9 Å². The Morgan fingerprint density at radius 1 is 1.38 bits per heavy atom. The summed E-state index contributed by atoms with van der Waals surface area (Å²) < 4.78 is 5.13. The van der Waals surface area contributed by atoms with Crippen LogP contribution >= 0.6 is 11.6 Å². The first kappa shape index (κ1) is 11.1. The topological polar surface area (TPSA) is 38.7 Å². The van der Waals surface area contributed by atoms with Gasteiger partial charge in [0.1, 0.15) is 0 Å². The number of aliphatic imine (C=N–C) groups is 1. The molecular weight excluding hydrogens is 226 g/mol. The quantitative estimate of drug-likeness (QED) is 0.742. The van der Waals surface area contributed by atoms with Gasteiger partial charge in [-0.3, -0.25) is 0 Å². The van der Waals surface area contributed by atoms with Gasteiger partial charge in [0, 0.05) is 0 Å². The fraction of sp³-hybridized carbons (Fsp3) is 0.333. The highest BCUT2D eigenvalue weighted by Gasteiger charge is 2.32. The lowest BCUT2D eigenvalue weighted by atomic mass is 10.1. The van der Waals surface area contributed by atoms with Crippen molar-refractivity contribution in [3.05, 3.63) is 34.9 Å². The number of ether oxygens (including phenoxy) is 1. The predicted octanol–water partition coefficient (Wildman–Crippen LogP) is 2.67. The van der Waals surface area contributed by atoms with Crippen LogP contribution in [0.2, 0.25) is 5.02 Å². The van der Waals surface area contributed by atoms with E-state index in [9.17, 15) is 4.79 Å². The van der Waals surface area contributed by atoms with Gasteiger partial charge in [-0.05, 0) is 18.1 Å². The summed E-state index contributed by atoms with van der Waals surface area (Å²) in [6.45, 7) is 3.87. The van der Waals surface area contributed by atoms with Crippen molar-refractivity contribution in [1.82, 2.24) is 0 Å². The molecule has 2 rings (SSSR count). The molecule has 1 aromatic rings. The average Bonchev–Trinajstić information content (AvgIpc) is 2.61. The van der Waals surface area contributed by atoms with Crippen LogP contribution in [0, 0.1) is 5.92 Å². The molecule has 4 heteroatoms. The highest BCUT2D eigenvalue weighted by atomic mass is 35.5. The summed E-state index contributed by atoms with van der Waals surface area (Å²) in [4.78, 5) is 15.8. The Bertz CT molecular complexity index is 454. The standard InChI is InChI=1S/C12H12ClNO2/c1-7(2)10-12(15)16-11(14-10)8-5-3-4-6-9(8)13/h3-7,10H,1-2H3. The van der Waals surface area contributed by atoms with Gasteiger partial charge in [0.15, 0.2) is 6.04 Å². The molecule has 3 nitrogen and oxygen atoms in total. The molecule has 0 bridgehead atoms. The Labute approximate surface area is 99.1 Å². The van der Waals surface area contributed by atoms with Gasteiger partial charge in [0.05, 0.1) is 10.6 Å². The first-order valence-corrected chi connectivity index (χ1v) is 5.52. The van der Waals surface area contributed by atoms with E-state index < -0.39 is 6.04 Å². The molecule has 1 atom stereocenters. The molecule has 0 saturated heterocycles. The molecule has 1 aromatic carbocycles. The molecule has 0 aromatic heterocycles. The molecule has 1 aliphatic rings. The number of cyclic esters (lactones) is 1. The van der Waals surface area contributed by atoms with Gasteiger partial charge in [-0.15, -0.1) is 0 Å². The number of nitrogens with zero attached hydrogens (tertiary/aromatic N) is 1. The summed E-state index contributed by atoms with van der Waals surface area (Å²) in [6, 6.07) is 6.78. The number of carbonyl (C=O) groups is 1. The fourth-order valence-electron chi connectivity index (χ4n) is 1.54. The van der Waals surface area contributed by atoms with Crippen molar-refractivity contribution in [3.8, 4) is 0 Å². The Hall–Kier alpha value is -1.35. The number of hydrogen-bond donors (Lipinski definition) is 0. The van der Waals surface area contributed by atoms with Crippen LogP contribution in [0.3, 0.4) is 0 Å². The lowest BCUT2D eigenvalue weighted by Crippen LogP contribution is -2.20. The molecule has 0 spiro atoms.